The van der Waals surface area contributed by atoms with Crippen LogP contribution in [-0.4, -0.2) is 23.2 Å². The molecule has 2 rings (SSSR count). The summed E-state index contributed by atoms with van der Waals surface area (Å²) >= 11 is 0. The molecule has 19 heavy (non-hydrogen) atoms. The molecule has 1 heterocycles. The number of anilines is 1. The van der Waals surface area contributed by atoms with E-state index in [2.05, 4.69) is 0 Å². The summed E-state index contributed by atoms with van der Waals surface area (Å²) in [5.74, 6) is -1.50. The van der Waals surface area contributed by atoms with Gasteiger partial charge >= 0.3 is 5.97 Å². The van der Waals surface area contributed by atoms with Crippen LogP contribution in [0.3, 0.4) is 0 Å². The first-order chi connectivity index (χ1) is 8.99. The maximum atomic E-state index is 14.0. The van der Waals surface area contributed by atoms with Crippen LogP contribution in [0.2, 0.25) is 0 Å². The fraction of sp³-hybridized carbons (Fsp3) is 0.429. The Morgan fingerprint density at radius 3 is 2.84 bits per heavy atom. The van der Waals surface area contributed by atoms with Crippen LogP contribution in [0.1, 0.15) is 31.7 Å². The van der Waals surface area contributed by atoms with Crippen molar-refractivity contribution in [1.29, 1.82) is 5.26 Å². The smallest absolute Gasteiger partial charge is 0.329 e. The van der Waals surface area contributed by atoms with Crippen LogP contribution < -0.4 is 4.90 Å². The fourth-order valence-corrected chi connectivity index (χ4v) is 2.52. The van der Waals surface area contributed by atoms with E-state index in [-0.39, 0.29) is 11.3 Å². The molecule has 1 aromatic rings. The summed E-state index contributed by atoms with van der Waals surface area (Å²) < 4.78 is 14.0. The summed E-state index contributed by atoms with van der Waals surface area (Å²) in [4.78, 5) is 13.1. The lowest BCUT2D eigenvalue weighted by molar-refractivity contribution is -0.143. The maximum absolute atomic E-state index is 14.0. The third kappa shape index (κ3) is 2.26. The molecule has 1 N–H and O–H groups in total. The fourth-order valence-electron chi connectivity index (χ4n) is 2.52. The third-order valence-electron chi connectivity index (χ3n) is 3.72. The highest BCUT2D eigenvalue weighted by molar-refractivity contribution is 5.83. The monoisotopic (exact) mass is 262 g/mol. The first-order valence-electron chi connectivity index (χ1n) is 6.20. The number of carboxylic acid groups (broad SMARTS) is 1. The van der Waals surface area contributed by atoms with Crippen molar-refractivity contribution in [3.8, 4) is 6.07 Å². The Hall–Kier alpha value is -2.09. The molecule has 0 aromatic heterocycles. The normalized spacial score (nSPS) is 22.9. The van der Waals surface area contributed by atoms with Gasteiger partial charge in [-0.2, -0.15) is 5.26 Å². The van der Waals surface area contributed by atoms with E-state index >= 15 is 0 Å². The van der Waals surface area contributed by atoms with Crippen LogP contribution in [0.15, 0.2) is 18.2 Å². The topological polar surface area (TPSA) is 64.3 Å². The van der Waals surface area contributed by atoms with Gasteiger partial charge in [-0.05, 0) is 44.4 Å². The number of carboxylic acids is 1. The van der Waals surface area contributed by atoms with Gasteiger partial charge in [-0.25, -0.2) is 9.18 Å². The van der Waals surface area contributed by atoms with Crippen molar-refractivity contribution in [3.05, 3.63) is 29.6 Å². The van der Waals surface area contributed by atoms with E-state index in [1.807, 2.05) is 6.07 Å². The second kappa shape index (κ2) is 4.88. The zero-order valence-corrected chi connectivity index (χ0v) is 10.7. The highest BCUT2D eigenvalue weighted by Crippen LogP contribution is 2.34. The van der Waals surface area contributed by atoms with Crippen molar-refractivity contribution >= 4 is 11.7 Å². The molecule has 0 spiro atoms. The average molecular weight is 262 g/mol. The molecular formula is C14H15FN2O2. The van der Waals surface area contributed by atoms with Gasteiger partial charge in [0.05, 0.1) is 17.3 Å². The molecule has 100 valence electrons. The Labute approximate surface area is 111 Å². The molecule has 1 aliphatic heterocycles. The van der Waals surface area contributed by atoms with Gasteiger partial charge in [-0.1, -0.05) is 0 Å². The van der Waals surface area contributed by atoms with Crippen LogP contribution in [0, 0.1) is 17.1 Å². The molecule has 0 aliphatic carbocycles. The predicted octanol–water partition coefficient (Wildman–Crippen LogP) is 2.53. The van der Waals surface area contributed by atoms with Gasteiger partial charge in [0, 0.05) is 6.54 Å². The highest BCUT2D eigenvalue weighted by atomic mass is 19.1. The van der Waals surface area contributed by atoms with Crippen molar-refractivity contribution in [2.24, 2.45) is 0 Å². The van der Waals surface area contributed by atoms with Crippen molar-refractivity contribution in [2.45, 2.75) is 31.7 Å². The van der Waals surface area contributed by atoms with Crippen LogP contribution >= 0.6 is 0 Å². The van der Waals surface area contributed by atoms with Crippen molar-refractivity contribution in [2.75, 3.05) is 11.4 Å². The molecule has 1 saturated heterocycles. The summed E-state index contributed by atoms with van der Waals surface area (Å²) in [7, 11) is 0. The van der Waals surface area contributed by atoms with Crippen LogP contribution in [0.25, 0.3) is 0 Å². The van der Waals surface area contributed by atoms with E-state index in [4.69, 9.17) is 5.26 Å². The zero-order chi connectivity index (χ0) is 14.0. The Kier molecular flexibility index (Phi) is 3.43. The predicted molar refractivity (Wildman–Crippen MR) is 68.4 cm³/mol. The molecule has 5 heteroatoms. The van der Waals surface area contributed by atoms with Gasteiger partial charge in [0.1, 0.15) is 11.4 Å². The lowest BCUT2D eigenvalue weighted by Crippen LogP contribution is -2.55. The largest absolute Gasteiger partial charge is 0.480 e. The van der Waals surface area contributed by atoms with E-state index in [0.717, 1.165) is 18.9 Å². The number of nitriles is 1. The summed E-state index contributed by atoms with van der Waals surface area (Å²) in [5, 5.41) is 18.1. The summed E-state index contributed by atoms with van der Waals surface area (Å²) in [5.41, 5.74) is -0.605. The number of hydrogen-bond acceptors (Lipinski definition) is 3. The second-order valence-corrected chi connectivity index (χ2v) is 4.97. The molecule has 0 radical (unpaired) electrons. The SMILES string of the molecule is CC1(C(=O)O)CCCCN1c1ccc(C#N)cc1F. The van der Waals surface area contributed by atoms with Crippen LogP contribution in [0.5, 0.6) is 0 Å². The zero-order valence-electron chi connectivity index (χ0n) is 10.7. The standard InChI is InChI=1S/C14H15FN2O2/c1-14(13(18)19)6-2-3-7-17(14)12-5-4-10(9-16)8-11(12)15/h4-5,8H,2-3,6-7H2,1H3,(H,18,19). The molecule has 0 saturated carbocycles. The quantitative estimate of drug-likeness (QED) is 0.889. The lowest BCUT2D eigenvalue weighted by Gasteiger charge is -2.43. The van der Waals surface area contributed by atoms with E-state index < -0.39 is 17.3 Å². The first-order valence-corrected chi connectivity index (χ1v) is 6.20. The Morgan fingerprint density at radius 1 is 1.53 bits per heavy atom. The van der Waals surface area contributed by atoms with Crippen LogP contribution in [0.4, 0.5) is 10.1 Å². The number of carbonyl (C=O) groups is 1. The van der Waals surface area contributed by atoms with Crippen LogP contribution in [-0.2, 0) is 4.79 Å². The van der Waals surface area contributed by atoms with E-state index in [1.165, 1.54) is 12.1 Å². The number of rotatable bonds is 2. The van der Waals surface area contributed by atoms with Crippen molar-refractivity contribution < 1.29 is 14.3 Å². The van der Waals surface area contributed by atoms with Gasteiger partial charge < -0.3 is 10.0 Å². The number of nitrogens with zero attached hydrogens (tertiary/aromatic N) is 2. The van der Waals surface area contributed by atoms with E-state index in [9.17, 15) is 14.3 Å². The Balaban J connectivity index is 2.44. The minimum atomic E-state index is -1.09. The average Bonchev–Trinajstić information content (AvgIpc) is 2.39. The van der Waals surface area contributed by atoms with Gasteiger partial charge in [0.2, 0.25) is 0 Å². The molecule has 1 fully saturated rings. The summed E-state index contributed by atoms with van der Waals surface area (Å²) in [6.45, 7) is 2.12. The van der Waals surface area contributed by atoms with E-state index in [0.29, 0.717) is 13.0 Å². The molecule has 1 atom stereocenters. The molecule has 1 aliphatic rings. The maximum Gasteiger partial charge on any atom is 0.329 e. The van der Waals surface area contributed by atoms with Crippen molar-refractivity contribution in [3.63, 3.8) is 0 Å². The number of aliphatic carboxylic acids is 1. The van der Waals surface area contributed by atoms with Gasteiger partial charge in [-0.15, -0.1) is 0 Å². The molecule has 0 bridgehead atoms. The molecule has 1 unspecified atom stereocenters. The van der Waals surface area contributed by atoms with Gasteiger partial charge in [0.25, 0.3) is 0 Å². The molecule has 0 amide bonds. The Bertz CT molecular complexity index is 553. The molecule has 1 aromatic carbocycles. The van der Waals surface area contributed by atoms with Gasteiger partial charge in [0.15, 0.2) is 0 Å². The lowest BCUT2D eigenvalue weighted by atomic mass is 9.87. The van der Waals surface area contributed by atoms with E-state index in [1.54, 1.807) is 11.8 Å². The molecular weight excluding hydrogens is 247 g/mol. The number of piperidine rings is 1. The first kappa shape index (κ1) is 13.3. The van der Waals surface area contributed by atoms with Crippen molar-refractivity contribution in [1.82, 2.24) is 0 Å². The van der Waals surface area contributed by atoms with Gasteiger partial charge in [-0.3, -0.25) is 0 Å². The summed E-state index contributed by atoms with van der Waals surface area (Å²) in [6, 6.07) is 6.01. The Morgan fingerprint density at radius 2 is 2.26 bits per heavy atom. The summed E-state index contributed by atoms with van der Waals surface area (Å²) in [6.07, 6.45) is 2.14. The number of hydrogen-bond donors (Lipinski definition) is 1. The number of halogens is 1. The number of benzene rings is 1. The molecule has 4 nitrogen and oxygen atoms in total. The minimum Gasteiger partial charge on any atom is -0.480 e. The second-order valence-electron chi connectivity index (χ2n) is 4.97. The highest BCUT2D eigenvalue weighted by Gasteiger charge is 2.42. The third-order valence-corrected chi connectivity index (χ3v) is 3.72. The minimum absolute atomic E-state index is 0.232.